The van der Waals surface area contributed by atoms with E-state index in [0.717, 1.165) is 30.4 Å². The first-order valence-corrected chi connectivity index (χ1v) is 5.74. The smallest absolute Gasteiger partial charge is 0.126 e. The van der Waals surface area contributed by atoms with Crippen LogP contribution in [-0.2, 0) is 11.8 Å². The Labute approximate surface area is 92.5 Å². The molecule has 0 bridgehead atoms. The van der Waals surface area contributed by atoms with Gasteiger partial charge in [-0.05, 0) is 35.4 Å². The highest BCUT2D eigenvalue weighted by Gasteiger charge is 2.19. The summed E-state index contributed by atoms with van der Waals surface area (Å²) < 4.78 is 13.7. The fourth-order valence-electron chi connectivity index (χ4n) is 1.87. The quantitative estimate of drug-likeness (QED) is 0.687. The summed E-state index contributed by atoms with van der Waals surface area (Å²) >= 11 is 0. The highest BCUT2D eigenvalue weighted by Crippen LogP contribution is 2.28. The summed E-state index contributed by atoms with van der Waals surface area (Å²) in [7, 11) is 0. The SMILES string of the molecule is CCCCc1c(F)cccc1C(C)(C)C. The van der Waals surface area contributed by atoms with Crippen molar-refractivity contribution in [2.75, 3.05) is 0 Å². The van der Waals surface area contributed by atoms with Gasteiger partial charge in [0.15, 0.2) is 0 Å². The Bertz CT molecular complexity index is 321. The molecule has 0 heterocycles. The second-order valence-corrected chi connectivity index (χ2v) is 5.12. The molecular weight excluding hydrogens is 187 g/mol. The second kappa shape index (κ2) is 4.78. The van der Waals surface area contributed by atoms with Gasteiger partial charge in [0.2, 0.25) is 0 Å². The number of halogens is 1. The topological polar surface area (TPSA) is 0 Å². The van der Waals surface area contributed by atoms with Crippen molar-refractivity contribution in [2.24, 2.45) is 0 Å². The molecule has 0 saturated carbocycles. The van der Waals surface area contributed by atoms with Gasteiger partial charge in [-0.3, -0.25) is 0 Å². The maximum Gasteiger partial charge on any atom is 0.126 e. The van der Waals surface area contributed by atoms with Gasteiger partial charge in [0.25, 0.3) is 0 Å². The number of unbranched alkanes of at least 4 members (excludes halogenated alkanes) is 1. The maximum absolute atomic E-state index is 13.7. The highest BCUT2D eigenvalue weighted by atomic mass is 19.1. The molecule has 0 spiro atoms. The van der Waals surface area contributed by atoms with E-state index in [1.54, 1.807) is 6.07 Å². The van der Waals surface area contributed by atoms with E-state index >= 15 is 0 Å². The normalized spacial score (nSPS) is 11.8. The van der Waals surface area contributed by atoms with Crippen LogP contribution in [-0.4, -0.2) is 0 Å². The van der Waals surface area contributed by atoms with Crippen LogP contribution in [0.3, 0.4) is 0 Å². The first-order chi connectivity index (χ1) is 6.96. The van der Waals surface area contributed by atoms with Crippen LogP contribution in [0.2, 0.25) is 0 Å². The molecular formula is C14H21F. The number of benzene rings is 1. The van der Waals surface area contributed by atoms with Crippen molar-refractivity contribution in [3.8, 4) is 0 Å². The largest absolute Gasteiger partial charge is 0.207 e. The summed E-state index contributed by atoms with van der Waals surface area (Å²) in [6.45, 7) is 8.54. The second-order valence-electron chi connectivity index (χ2n) is 5.12. The van der Waals surface area contributed by atoms with Crippen molar-refractivity contribution >= 4 is 0 Å². The fourth-order valence-corrected chi connectivity index (χ4v) is 1.87. The third-order valence-electron chi connectivity index (χ3n) is 2.71. The van der Waals surface area contributed by atoms with Crippen molar-refractivity contribution in [1.29, 1.82) is 0 Å². The van der Waals surface area contributed by atoms with Crippen LogP contribution in [0.15, 0.2) is 18.2 Å². The highest BCUT2D eigenvalue weighted by molar-refractivity contribution is 5.34. The molecule has 1 aromatic carbocycles. The molecule has 1 heteroatoms. The Hall–Kier alpha value is -0.850. The van der Waals surface area contributed by atoms with Crippen molar-refractivity contribution < 1.29 is 4.39 Å². The van der Waals surface area contributed by atoms with Gasteiger partial charge in [0, 0.05) is 0 Å². The van der Waals surface area contributed by atoms with Gasteiger partial charge < -0.3 is 0 Å². The molecule has 0 fully saturated rings. The molecule has 1 rings (SSSR count). The lowest BCUT2D eigenvalue weighted by Gasteiger charge is -2.23. The Balaban J connectivity index is 3.09. The van der Waals surface area contributed by atoms with Crippen LogP contribution in [0.4, 0.5) is 4.39 Å². The van der Waals surface area contributed by atoms with Crippen LogP contribution >= 0.6 is 0 Å². The lowest BCUT2D eigenvalue weighted by atomic mass is 9.82. The van der Waals surface area contributed by atoms with E-state index in [-0.39, 0.29) is 11.2 Å². The fraction of sp³-hybridized carbons (Fsp3) is 0.571. The number of rotatable bonds is 3. The maximum atomic E-state index is 13.7. The summed E-state index contributed by atoms with van der Waals surface area (Å²) in [5.74, 6) is -0.0455. The molecule has 0 aromatic heterocycles. The van der Waals surface area contributed by atoms with Gasteiger partial charge in [-0.2, -0.15) is 0 Å². The molecule has 0 saturated heterocycles. The lowest BCUT2D eigenvalue weighted by Crippen LogP contribution is -2.15. The molecule has 0 N–H and O–H groups in total. The van der Waals surface area contributed by atoms with Gasteiger partial charge >= 0.3 is 0 Å². The number of hydrogen-bond acceptors (Lipinski definition) is 0. The first-order valence-electron chi connectivity index (χ1n) is 5.74. The zero-order valence-electron chi connectivity index (χ0n) is 10.2. The monoisotopic (exact) mass is 208 g/mol. The zero-order valence-corrected chi connectivity index (χ0v) is 10.2. The Morgan fingerprint density at radius 3 is 2.40 bits per heavy atom. The van der Waals surface area contributed by atoms with E-state index in [1.165, 1.54) is 0 Å². The molecule has 0 unspecified atom stereocenters. The molecule has 15 heavy (non-hydrogen) atoms. The minimum atomic E-state index is -0.0455. The molecule has 0 radical (unpaired) electrons. The molecule has 0 aliphatic rings. The van der Waals surface area contributed by atoms with Gasteiger partial charge in [0.1, 0.15) is 5.82 Å². The molecule has 0 aliphatic carbocycles. The zero-order chi connectivity index (χ0) is 11.5. The average molecular weight is 208 g/mol. The molecule has 84 valence electrons. The van der Waals surface area contributed by atoms with Crippen molar-refractivity contribution in [2.45, 2.75) is 52.4 Å². The van der Waals surface area contributed by atoms with E-state index in [2.05, 4.69) is 27.7 Å². The lowest BCUT2D eigenvalue weighted by molar-refractivity contribution is 0.550. The van der Waals surface area contributed by atoms with Crippen LogP contribution < -0.4 is 0 Å². The van der Waals surface area contributed by atoms with Gasteiger partial charge in [-0.1, -0.05) is 46.2 Å². The average Bonchev–Trinajstić information content (AvgIpc) is 2.14. The summed E-state index contributed by atoms with van der Waals surface area (Å²) in [6, 6.07) is 5.43. The van der Waals surface area contributed by atoms with Crippen LogP contribution in [0, 0.1) is 5.82 Å². The third-order valence-corrected chi connectivity index (χ3v) is 2.71. The minimum absolute atomic E-state index is 0.0329. The summed E-state index contributed by atoms with van der Waals surface area (Å²) in [4.78, 5) is 0. The predicted octanol–water partition coefficient (Wildman–Crippen LogP) is 4.47. The van der Waals surface area contributed by atoms with Gasteiger partial charge in [-0.15, -0.1) is 0 Å². The predicted molar refractivity (Wildman–Crippen MR) is 63.7 cm³/mol. The van der Waals surface area contributed by atoms with Crippen LogP contribution in [0.1, 0.15) is 51.7 Å². The molecule has 0 atom stereocenters. The van der Waals surface area contributed by atoms with Crippen molar-refractivity contribution in [3.63, 3.8) is 0 Å². The van der Waals surface area contributed by atoms with Crippen LogP contribution in [0.5, 0.6) is 0 Å². The summed E-state index contributed by atoms with van der Waals surface area (Å²) in [5.41, 5.74) is 2.09. The standard InChI is InChI=1S/C14H21F/c1-5-6-8-11-12(14(2,3)4)9-7-10-13(11)15/h7,9-10H,5-6,8H2,1-4H3. The molecule has 0 amide bonds. The number of hydrogen-bond donors (Lipinski definition) is 0. The van der Waals surface area contributed by atoms with E-state index in [9.17, 15) is 4.39 Å². The van der Waals surface area contributed by atoms with E-state index in [0.29, 0.717) is 0 Å². The van der Waals surface area contributed by atoms with Gasteiger partial charge in [0.05, 0.1) is 0 Å². The molecule has 0 nitrogen and oxygen atoms in total. The molecule has 0 aliphatic heterocycles. The van der Waals surface area contributed by atoms with E-state index in [4.69, 9.17) is 0 Å². The summed E-state index contributed by atoms with van der Waals surface area (Å²) in [6.07, 6.45) is 3.03. The third kappa shape index (κ3) is 3.05. The Morgan fingerprint density at radius 2 is 1.87 bits per heavy atom. The van der Waals surface area contributed by atoms with Crippen molar-refractivity contribution in [3.05, 3.63) is 35.1 Å². The van der Waals surface area contributed by atoms with E-state index < -0.39 is 0 Å². The minimum Gasteiger partial charge on any atom is -0.207 e. The van der Waals surface area contributed by atoms with E-state index in [1.807, 2.05) is 12.1 Å². The van der Waals surface area contributed by atoms with Crippen molar-refractivity contribution in [1.82, 2.24) is 0 Å². The van der Waals surface area contributed by atoms with Crippen LogP contribution in [0.25, 0.3) is 0 Å². The Kier molecular flexibility index (Phi) is 3.90. The van der Waals surface area contributed by atoms with Gasteiger partial charge in [-0.25, -0.2) is 4.39 Å². The first kappa shape index (κ1) is 12.2. The Morgan fingerprint density at radius 1 is 1.20 bits per heavy atom. The molecule has 1 aromatic rings. The summed E-state index contributed by atoms with van der Waals surface area (Å²) in [5, 5.41) is 0.